The molecule has 0 unspecified atom stereocenters. The highest BCUT2D eigenvalue weighted by atomic mass is 16.4. The van der Waals surface area contributed by atoms with E-state index in [-0.39, 0.29) is 12.8 Å². The first kappa shape index (κ1) is 54.0. The number of carboxylic acid groups (broad SMARTS) is 4. The van der Waals surface area contributed by atoms with Gasteiger partial charge in [-0.3, -0.25) is 19.2 Å². The van der Waals surface area contributed by atoms with E-state index in [1.54, 1.807) is 0 Å². The molecule has 4 N–H and O–H groups in total. The van der Waals surface area contributed by atoms with Crippen molar-refractivity contribution in [3.63, 3.8) is 0 Å². The molecule has 0 aromatic rings. The van der Waals surface area contributed by atoms with E-state index in [1.807, 2.05) is 0 Å². The zero-order chi connectivity index (χ0) is 39.2. The maximum atomic E-state index is 10.4. The smallest absolute Gasteiger partial charge is 0.303 e. The predicted octanol–water partition coefficient (Wildman–Crippen LogP) is 13.9. The van der Waals surface area contributed by atoms with Gasteiger partial charge in [0, 0.05) is 25.7 Å². The van der Waals surface area contributed by atoms with Crippen LogP contribution in [0.2, 0.25) is 0 Å². The van der Waals surface area contributed by atoms with Crippen molar-refractivity contribution in [3.8, 4) is 0 Å². The zero-order valence-electron chi connectivity index (χ0n) is 34.0. The van der Waals surface area contributed by atoms with Crippen molar-refractivity contribution in [1.82, 2.24) is 0 Å². The third kappa shape index (κ3) is 62.7. The first-order valence-corrected chi connectivity index (χ1v) is 21.7. The molecule has 0 aliphatic carbocycles. The van der Waals surface area contributed by atoms with Crippen molar-refractivity contribution in [3.05, 3.63) is 12.2 Å². The van der Waals surface area contributed by atoms with Crippen molar-refractivity contribution in [1.29, 1.82) is 0 Å². The summed E-state index contributed by atoms with van der Waals surface area (Å²) in [5.41, 5.74) is 0. The third-order valence-corrected chi connectivity index (χ3v) is 9.18. The molecule has 0 aromatic carbocycles. The topological polar surface area (TPSA) is 149 Å². The Balaban J connectivity index is -0.000000739. The highest BCUT2D eigenvalue weighted by molar-refractivity contribution is 5.67. The van der Waals surface area contributed by atoms with Gasteiger partial charge in [0.25, 0.3) is 0 Å². The van der Waals surface area contributed by atoms with Crippen LogP contribution in [0.25, 0.3) is 0 Å². The van der Waals surface area contributed by atoms with Gasteiger partial charge in [0.1, 0.15) is 0 Å². The summed E-state index contributed by atoms with van der Waals surface area (Å²) in [6.07, 6.45) is 44.3. The van der Waals surface area contributed by atoms with Crippen LogP contribution in [-0.2, 0) is 19.2 Å². The first-order valence-electron chi connectivity index (χ1n) is 21.7. The molecular formula is C44H84O8. The van der Waals surface area contributed by atoms with Gasteiger partial charge in [-0.25, -0.2) is 0 Å². The van der Waals surface area contributed by atoms with Crippen LogP contribution in [-0.4, -0.2) is 44.3 Å². The minimum Gasteiger partial charge on any atom is -0.481 e. The Labute approximate surface area is 320 Å². The lowest BCUT2D eigenvalue weighted by Crippen LogP contribution is -1.94. The van der Waals surface area contributed by atoms with Gasteiger partial charge in [-0.05, 0) is 51.4 Å². The number of hydrogen-bond acceptors (Lipinski definition) is 4. The molecular weight excluding hydrogens is 656 g/mol. The lowest BCUT2D eigenvalue weighted by atomic mass is 10.1. The molecule has 8 heteroatoms. The number of aliphatic carboxylic acids is 4. The molecule has 0 rings (SSSR count). The van der Waals surface area contributed by atoms with Crippen LogP contribution in [0, 0.1) is 0 Å². The van der Waals surface area contributed by atoms with Crippen LogP contribution in [0.1, 0.15) is 245 Å². The van der Waals surface area contributed by atoms with Crippen molar-refractivity contribution >= 4 is 23.9 Å². The Morgan fingerprint density at radius 2 is 0.462 bits per heavy atom. The van der Waals surface area contributed by atoms with Crippen LogP contribution < -0.4 is 0 Å². The fraction of sp³-hybridized carbons (Fsp3) is 0.864. The van der Waals surface area contributed by atoms with E-state index in [2.05, 4.69) is 26.0 Å². The molecule has 308 valence electrons. The van der Waals surface area contributed by atoms with Gasteiger partial charge >= 0.3 is 23.9 Å². The highest BCUT2D eigenvalue weighted by Gasteiger charge is 1.99. The van der Waals surface area contributed by atoms with E-state index in [9.17, 15) is 19.2 Å². The molecule has 0 aromatic heterocycles. The van der Waals surface area contributed by atoms with E-state index >= 15 is 0 Å². The van der Waals surface area contributed by atoms with Crippen LogP contribution in [0.15, 0.2) is 12.2 Å². The fourth-order valence-corrected chi connectivity index (χ4v) is 5.90. The molecule has 0 spiro atoms. The zero-order valence-corrected chi connectivity index (χ0v) is 34.0. The van der Waals surface area contributed by atoms with E-state index < -0.39 is 23.9 Å². The number of unbranched alkanes of at least 4 members (excludes halogenated alkanes) is 28. The quantitative estimate of drug-likeness (QED) is 0.0361. The van der Waals surface area contributed by atoms with E-state index in [1.165, 1.54) is 135 Å². The molecule has 0 saturated carbocycles. The molecule has 0 bridgehead atoms. The molecule has 8 nitrogen and oxygen atoms in total. The second-order valence-corrected chi connectivity index (χ2v) is 14.5. The van der Waals surface area contributed by atoms with Crippen LogP contribution in [0.5, 0.6) is 0 Å². The molecule has 0 amide bonds. The number of carboxylic acids is 4. The second kappa shape index (κ2) is 48.6. The summed E-state index contributed by atoms with van der Waals surface area (Å²) >= 11 is 0. The molecule has 0 aliphatic heterocycles. The Morgan fingerprint density at radius 1 is 0.288 bits per heavy atom. The first-order chi connectivity index (χ1) is 25.2. The van der Waals surface area contributed by atoms with Crippen molar-refractivity contribution in [2.45, 2.75) is 245 Å². The standard InChI is InChI=1S/C22H42O2.C11H20O4.C11H22O2/c1-2-3-4-5-6-7-8-9-10-11-12-13-14-15-16-17-18-19-20-21-22(23)24;12-10(13)8-6-4-2-1-3-5-7-9-11(14)15;1-2-3-4-5-6-7-8-9-10-11(12)13/h11-12H,2-10,13-21H2,1H3,(H,23,24);1-9H2,(H,12,13)(H,14,15);2-10H2,1H3,(H,12,13)/b12-11+;;. The minimum atomic E-state index is -0.726. The monoisotopic (exact) mass is 741 g/mol. The van der Waals surface area contributed by atoms with Gasteiger partial charge in [-0.1, -0.05) is 180 Å². The summed E-state index contributed by atoms with van der Waals surface area (Å²) in [6.45, 7) is 4.49. The summed E-state index contributed by atoms with van der Waals surface area (Å²) < 4.78 is 0. The molecule has 0 heterocycles. The summed E-state index contributed by atoms with van der Waals surface area (Å²) in [5.74, 6) is -2.77. The Morgan fingerprint density at radius 3 is 0.654 bits per heavy atom. The molecule has 0 aliphatic rings. The van der Waals surface area contributed by atoms with Crippen molar-refractivity contribution in [2.75, 3.05) is 0 Å². The summed E-state index contributed by atoms with van der Waals surface area (Å²) in [6, 6.07) is 0. The minimum absolute atomic E-state index is 0.263. The molecule has 0 radical (unpaired) electrons. The summed E-state index contributed by atoms with van der Waals surface area (Å²) in [7, 11) is 0. The number of allylic oxidation sites excluding steroid dienone is 2. The maximum absolute atomic E-state index is 10.4. The van der Waals surface area contributed by atoms with Crippen LogP contribution in [0.3, 0.4) is 0 Å². The molecule has 0 fully saturated rings. The van der Waals surface area contributed by atoms with Crippen molar-refractivity contribution < 1.29 is 39.6 Å². The lowest BCUT2D eigenvalue weighted by molar-refractivity contribution is -0.138. The van der Waals surface area contributed by atoms with Crippen LogP contribution in [0.4, 0.5) is 0 Å². The van der Waals surface area contributed by atoms with Crippen molar-refractivity contribution in [2.24, 2.45) is 0 Å². The van der Waals surface area contributed by atoms with E-state index in [0.717, 1.165) is 70.6 Å². The highest BCUT2D eigenvalue weighted by Crippen LogP contribution is 2.13. The normalized spacial score (nSPS) is 10.7. The van der Waals surface area contributed by atoms with Gasteiger partial charge in [0.15, 0.2) is 0 Å². The summed E-state index contributed by atoms with van der Waals surface area (Å²) in [5, 5.41) is 33.7. The SMILES string of the molecule is CCCCCCCCCC/C=C/CCCCCCCCCC(=O)O.CCCCCCCCCCC(=O)O.O=C(O)CCCCCCCCCC(=O)O. The molecule has 0 saturated heterocycles. The summed E-state index contributed by atoms with van der Waals surface area (Å²) in [4.78, 5) is 40.9. The van der Waals surface area contributed by atoms with Gasteiger partial charge in [0.05, 0.1) is 0 Å². The van der Waals surface area contributed by atoms with Crippen LogP contribution >= 0.6 is 0 Å². The largest absolute Gasteiger partial charge is 0.481 e. The van der Waals surface area contributed by atoms with Gasteiger partial charge in [-0.2, -0.15) is 0 Å². The van der Waals surface area contributed by atoms with E-state index in [0.29, 0.717) is 12.8 Å². The van der Waals surface area contributed by atoms with Gasteiger partial charge < -0.3 is 20.4 Å². The lowest BCUT2D eigenvalue weighted by Gasteiger charge is -2.00. The average molecular weight is 741 g/mol. The third-order valence-electron chi connectivity index (χ3n) is 9.18. The number of rotatable bonds is 38. The average Bonchev–Trinajstić information content (AvgIpc) is 3.10. The molecule has 0 atom stereocenters. The fourth-order valence-electron chi connectivity index (χ4n) is 5.90. The van der Waals surface area contributed by atoms with E-state index in [4.69, 9.17) is 20.4 Å². The maximum Gasteiger partial charge on any atom is 0.303 e. The number of carbonyl (C=O) groups is 4. The Kier molecular flexibility index (Phi) is 50.5. The second-order valence-electron chi connectivity index (χ2n) is 14.5. The van der Waals surface area contributed by atoms with Gasteiger partial charge in [0.2, 0.25) is 0 Å². The van der Waals surface area contributed by atoms with Gasteiger partial charge in [-0.15, -0.1) is 0 Å². The molecule has 52 heavy (non-hydrogen) atoms. The Hall–Kier alpha value is -2.38. The number of hydrogen-bond donors (Lipinski definition) is 4. The predicted molar refractivity (Wildman–Crippen MR) is 217 cm³/mol. The Bertz CT molecular complexity index is 775.